The van der Waals surface area contributed by atoms with Crippen molar-refractivity contribution in [3.05, 3.63) is 94.3 Å². The third-order valence-corrected chi connectivity index (χ3v) is 4.91. The Morgan fingerprint density at radius 3 is 2.43 bits per heavy atom. The number of halogens is 1. The third-order valence-electron chi connectivity index (χ3n) is 4.91. The van der Waals surface area contributed by atoms with E-state index in [0.29, 0.717) is 41.4 Å². The maximum absolute atomic E-state index is 13.7. The maximum atomic E-state index is 13.7. The average molecular weight is 405 g/mol. The molecule has 0 fully saturated rings. The highest BCUT2D eigenvalue weighted by Crippen LogP contribution is 2.31. The zero-order valence-corrected chi connectivity index (χ0v) is 16.4. The molecule has 0 saturated heterocycles. The molecule has 4 rings (SSSR count). The van der Waals surface area contributed by atoms with Crippen LogP contribution in [0.4, 0.5) is 4.39 Å². The second-order valence-electron chi connectivity index (χ2n) is 7.00. The molecule has 6 heteroatoms. The van der Waals surface area contributed by atoms with Gasteiger partial charge in [-0.3, -0.25) is 9.59 Å². The lowest BCUT2D eigenvalue weighted by atomic mass is 9.97. The fourth-order valence-corrected chi connectivity index (χ4v) is 3.24. The van der Waals surface area contributed by atoms with Gasteiger partial charge in [0.1, 0.15) is 19.0 Å². The van der Waals surface area contributed by atoms with E-state index in [1.165, 1.54) is 6.07 Å². The molecule has 3 aromatic carbocycles. The first-order chi connectivity index (χ1) is 14.5. The van der Waals surface area contributed by atoms with Gasteiger partial charge in [-0.15, -0.1) is 0 Å². The summed E-state index contributed by atoms with van der Waals surface area (Å²) in [6, 6.07) is 16.4. The zero-order chi connectivity index (χ0) is 21.1. The van der Waals surface area contributed by atoms with Crippen LogP contribution in [-0.2, 0) is 6.54 Å². The predicted octanol–water partition coefficient (Wildman–Crippen LogP) is 4.07. The average Bonchev–Trinajstić information content (AvgIpc) is 2.78. The first-order valence-corrected chi connectivity index (χ1v) is 9.59. The van der Waals surface area contributed by atoms with Crippen LogP contribution in [0.5, 0.6) is 11.5 Å². The van der Waals surface area contributed by atoms with Crippen LogP contribution >= 0.6 is 0 Å². The molecule has 1 N–H and O–H groups in total. The highest BCUT2D eigenvalue weighted by molar-refractivity contribution is 6.15. The summed E-state index contributed by atoms with van der Waals surface area (Å²) in [6.45, 7) is 2.72. The number of carbonyl (C=O) groups excluding carboxylic acids is 2. The molecule has 1 amide bonds. The van der Waals surface area contributed by atoms with Gasteiger partial charge in [-0.05, 0) is 48.4 Å². The van der Waals surface area contributed by atoms with Gasteiger partial charge >= 0.3 is 0 Å². The van der Waals surface area contributed by atoms with E-state index < -0.39 is 5.91 Å². The summed E-state index contributed by atoms with van der Waals surface area (Å²) in [4.78, 5) is 25.8. The van der Waals surface area contributed by atoms with Gasteiger partial charge in [-0.2, -0.15) is 0 Å². The fourth-order valence-electron chi connectivity index (χ4n) is 3.24. The van der Waals surface area contributed by atoms with E-state index in [2.05, 4.69) is 5.32 Å². The van der Waals surface area contributed by atoms with E-state index >= 15 is 0 Å². The summed E-state index contributed by atoms with van der Waals surface area (Å²) in [5, 5.41) is 2.76. The zero-order valence-electron chi connectivity index (χ0n) is 16.4. The molecule has 0 aromatic heterocycles. The molecule has 1 aliphatic rings. The molecule has 1 aliphatic heterocycles. The van der Waals surface area contributed by atoms with Crippen LogP contribution in [0.2, 0.25) is 0 Å². The van der Waals surface area contributed by atoms with Crippen molar-refractivity contribution >= 4 is 11.7 Å². The number of ketones is 1. The van der Waals surface area contributed by atoms with Gasteiger partial charge in [0.15, 0.2) is 17.3 Å². The lowest BCUT2D eigenvalue weighted by molar-refractivity contribution is 0.0939. The second kappa shape index (κ2) is 8.37. The SMILES string of the molecule is Cc1ccc(CNC(=O)c2ccccc2C(=O)c2ccc3c(c2)OCCO3)cc1F. The molecule has 152 valence electrons. The lowest BCUT2D eigenvalue weighted by Gasteiger charge is -2.18. The Morgan fingerprint density at radius 1 is 0.933 bits per heavy atom. The number of aryl methyl sites for hydroxylation is 1. The van der Waals surface area contributed by atoms with Crippen LogP contribution < -0.4 is 14.8 Å². The lowest BCUT2D eigenvalue weighted by Crippen LogP contribution is -2.25. The van der Waals surface area contributed by atoms with Crippen molar-refractivity contribution in [2.24, 2.45) is 0 Å². The summed E-state index contributed by atoms with van der Waals surface area (Å²) < 4.78 is 24.8. The number of benzene rings is 3. The molecule has 30 heavy (non-hydrogen) atoms. The van der Waals surface area contributed by atoms with Gasteiger partial charge in [-0.1, -0.05) is 30.3 Å². The summed E-state index contributed by atoms with van der Waals surface area (Å²) in [5.74, 6) is 0.0807. The quantitative estimate of drug-likeness (QED) is 0.650. The van der Waals surface area contributed by atoms with Crippen molar-refractivity contribution in [1.82, 2.24) is 5.32 Å². The predicted molar refractivity (Wildman–Crippen MR) is 110 cm³/mol. The van der Waals surface area contributed by atoms with Crippen molar-refractivity contribution in [2.75, 3.05) is 13.2 Å². The van der Waals surface area contributed by atoms with Crippen LogP contribution in [0.15, 0.2) is 60.7 Å². The standard InChI is InChI=1S/C24H20FNO4/c1-15-6-7-16(12-20(15)25)14-26-24(28)19-5-3-2-4-18(19)23(27)17-8-9-21-22(13-17)30-11-10-29-21/h2-9,12-13H,10-11,14H2,1H3,(H,26,28). The van der Waals surface area contributed by atoms with Gasteiger partial charge in [0.05, 0.1) is 5.56 Å². The smallest absolute Gasteiger partial charge is 0.252 e. The van der Waals surface area contributed by atoms with Gasteiger partial charge in [0.2, 0.25) is 0 Å². The molecule has 0 spiro atoms. The van der Waals surface area contributed by atoms with Crippen molar-refractivity contribution in [1.29, 1.82) is 0 Å². The van der Waals surface area contributed by atoms with Gasteiger partial charge < -0.3 is 14.8 Å². The van der Waals surface area contributed by atoms with Gasteiger partial charge in [0, 0.05) is 17.7 Å². The topological polar surface area (TPSA) is 64.6 Å². The number of amides is 1. The van der Waals surface area contributed by atoms with Crippen molar-refractivity contribution in [2.45, 2.75) is 13.5 Å². The third kappa shape index (κ3) is 4.03. The Labute approximate surface area is 173 Å². The second-order valence-corrected chi connectivity index (χ2v) is 7.00. The molecule has 1 heterocycles. The van der Waals surface area contributed by atoms with Crippen molar-refractivity contribution in [3.8, 4) is 11.5 Å². The minimum Gasteiger partial charge on any atom is -0.486 e. The number of hydrogen-bond donors (Lipinski definition) is 1. The van der Waals surface area contributed by atoms with Gasteiger partial charge in [0.25, 0.3) is 5.91 Å². The van der Waals surface area contributed by atoms with Crippen LogP contribution in [0, 0.1) is 12.7 Å². The van der Waals surface area contributed by atoms with E-state index in [4.69, 9.17) is 9.47 Å². The molecule has 0 saturated carbocycles. The summed E-state index contributed by atoms with van der Waals surface area (Å²) in [6.07, 6.45) is 0. The Morgan fingerprint density at radius 2 is 1.67 bits per heavy atom. The number of carbonyl (C=O) groups is 2. The number of hydrogen-bond acceptors (Lipinski definition) is 4. The van der Waals surface area contributed by atoms with Gasteiger partial charge in [-0.25, -0.2) is 4.39 Å². The number of ether oxygens (including phenoxy) is 2. The Kier molecular flexibility index (Phi) is 5.48. The fraction of sp³-hybridized carbons (Fsp3) is 0.167. The van der Waals surface area contributed by atoms with Crippen molar-refractivity contribution in [3.63, 3.8) is 0 Å². The summed E-state index contributed by atoms with van der Waals surface area (Å²) >= 11 is 0. The molecular weight excluding hydrogens is 385 g/mol. The van der Waals surface area contributed by atoms with Crippen LogP contribution in [0.1, 0.15) is 37.4 Å². The molecule has 0 aliphatic carbocycles. The van der Waals surface area contributed by atoms with E-state index in [1.807, 2.05) is 0 Å². The first-order valence-electron chi connectivity index (χ1n) is 9.59. The highest BCUT2D eigenvalue weighted by Gasteiger charge is 2.20. The first kappa shape index (κ1) is 19.6. The normalized spacial score (nSPS) is 12.3. The highest BCUT2D eigenvalue weighted by atomic mass is 19.1. The summed E-state index contributed by atoms with van der Waals surface area (Å²) in [5.41, 5.74) is 2.12. The Bertz CT molecular complexity index is 1130. The monoisotopic (exact) mass is 405 g/mol. The molecular formula is C24H20FNO4. The molecule has 0 bridgehead atoms. The Hall–Kier alpha value is -3.67. The maximum Gasteiger partial charge on any atom is 0.252 e. The van der Waals surface area contributed by atoms with Crippen molar-refractivity contribution < 1.29 is 23.5 Å². The van der Waals surface area contributed by atoms with E-state index in [1.54, 1.807) is 61.5 Å². The van der Waals surface area contributed by atoms with Crippen LogP contribution in [0.25, 0.3) is 0 Å². The number of rotatable bonds is 5. The van der Waals surface area contributed by atoms with E-state index in [9.17, 15) is 14.0 Å². The largest absolute Gasteiger partial charge is 0.486 e. The van der Waals surface area contributed by atoms with Crippen LogP contribution in [-0.4, -0.2) is 24.9 Å². The minimum absolute atomic E-state index is 0.155. The molecule has 5 nitrogen and oxygen atoms in total. The van der Waals surface area contributed by atoms with E-state index in [-0.39, 0.29) is 29.3 Å². The molecule has 0 radical (unpaired) electrons. The van der Waals surface area contributed by atoms with E-state index in [0.717, 1.165) is 0 Å². The molecule has 3 aromatic rings. The molecule has 0 atom stereocenters. The number of nitrogens with one attached hydrogen (secondary N) is 1. The Balaban J connectivity index is 1.55. The number of fused-ring (bicyclic) bond motifs is 1. The summed E-state index contributed by atoms with van der Waals surface area (Å²) in [7, 11) is 0. The van der Waals surface area contributed by atoms with Crippen LogP contribution in [0.3, 0.4) is 0 Å². The molecule has 0 unspecified atom stereocenters. The minimum atomic E-state index is -0.405.